The molecule has 0 saturated carbocycles. The van der Waals surface area contributed by atoms with Crippen LogP contribution in [0.2, 0.25) is 0 Å². The lowest BCUT2D eigenvalue weighted by atomic mass is 10.3. The van der Waals surface area contributed by atoms with E-state index in [0.717, 1.165) is 0 Å². The van der Waals surface area contributed by atoms with Gasteiger partial charge in [0.2, 0.25) is 0 Å². The van der Waals surface area contributed by atoms with Gasteiger partial charge in [-0.05, 0) is 6.42 Å². The van der Waals surface area contributed by atoms with E-state index in [9.17, 15) is 9.90 Å². The molecule has 14 nitrogen and oxygen atoms in total. The number of aliphatic hydroxyl groups excluding tert-OH is 3. The maximum Gasteiger partial charge on any atom is 0.622 e. The Kier molecular flexibility index (Phi) is 9.41. The van der Waals surface area contributed by atoms with E-state index < -0.39 is 41.3 Å². The van der Waals surface area contributed by atoms with Crippen LogP contribution in [-0.2, 0) is 20.2 Å². The number of H-pyrrole nitrogens is 1. The standard InChI is InChI=1S/C9H12N2O4S.CH8O8P2/c12-4-5-3-11(9(14)10-8(5)16)6-1-2-7(13)15-6;2-1-8-11(6,7)9-10(3,4)5/h3,6-7,12-13H,1-2,4H2,(H,10,14,16);2-7H,1H2/q;+2. The number of hydrogen-bond donors (Lipinski definition) is 9. The molecular formula is C10H20N2O12P2S+2. The molecule has 1 aromatic heterocycles. The van der Waals surface area contributed by atoms with Crippen LogP contribution in [-0.4, -0.2) is 62.4 Å². The van der Waals surface area contributed by atoms with E-state index in [0.29, 0.717) is 18.4 Å². The van der Waals surface area contributed by atoms with Crippen molar-refractivity contribution in [2.45, 2.75) is 32.0 Å². The SMILES string of the molecule is O=c1[nH]c(=S)c(CO)cn1C1CCC(O)O1.OCO[P+](O)(O)O[P+](O)(O)O. The zero-order valence-electron chi connectivity index (χ0n) is 13.5. The molecule has 1 saturated heterocycles. The van der Waals surface area contributed by atoms with Gasteiger partial charge in [-0.25, -0.2) is 4.79 Å². The highest BCUT2D eigenvalue weighted by Gasteiger charge is 2.58. The van der Waals surface area contributed by atoms with Crippen molar-refractivity contribution in [2.24, 2.45) is 0 Å². The maximum absolute atomic E-state index is 11.6. The fourth-order valence-corrected chi connectivity index (χ4v) is 3.59. The van der Waals surface area contributed by atoms with Crippen molar-refractivity contribution in [2.75, 3.05) is 6.79 Å². The molecule has 2 unspecified atom stereocenters. The van der Waals surface area contributed by atoms with E-state index in [1.807, 2.05) is 0 Å². The molecule has 0 aromatic carbocycles. The summed E-state index contributed by atoms with van der Waals surface area (Å²) >= 11 is 4.88. The number of aromatic amines is 1. The molecule has 9 N–H and O–H groups in total. The topological polar surface area (TPSA) is 227 Å². The molecule has 0 amide bonds. The molecule has 2 atom stereocenters. The molecule has 1 fully saturated rings. The molecular weight excluding hydrogens is 434 g/mol. The molecule has 2 heterocycles. The summed E-state index contributed by atoms with van der Waals surface area (Å²) in [4.78, 5) is 55.3. The molecule has 1 aliphatic heterocycles. The summed E-state index contributed by atoms with van der Waals surface area (Å²) in [5, 5.41) is 26.2. The van der Waals surface area contributed by atoms with Crippen LogP contribution in [0, 0.1) is 4.64 Å². The normalized spacial score (nSPS) is 20.3. The Morgan fingerprint density at radius 2 is 1.89 bits per heavy atom. The highest BCUT2D eigenvalue weighted by molar-refractivity contribution is 7.71. The van der Waals surface area contributed by atoms with Crippen molar-refractivity contribution in [3.8, 4) is 0 Å². The van der Waals surface area contributed by atoms with Crippen molar-refractivity contribution in [1.82, 2.24) is 9.55 Å². The zero-order chi connectivity index (χ0) is 20.8. The van der Waals surface area contributed by atoms with Crippen molar-refractivity contribution in [1.29, 1.82) is 0 Å². The Bertz CT molecular complexity index is 719. The maximum atomic E-state index is 11.6. The van der Waals surface area contributed by atoms with Gasteiger partial charge in [-0.3, -0.25) is 9.55 Å². The van der Waals surface area contributed by atoms with Gasteiger partial charge in [0.25, 0.3) is 0 Å². The molecule has 2 rings (SSSR count). The van der Waals surface area contributed by atoms with Crippen LogP contribution in [0.3, 0.4) is 0 Å². The summed E-state index contributed by atoms with van der Waals surface area (Å²) in [6.45, 7) is -1.33. The van der Waals surface area contributed by atoms with Crippen LogP contribution < -0.4 is 5.69 Å². The van der Waals surface area contributed by atoms with E-state index in [4.69, 9.17) is 51.6 Å². The first kappa shape index (κ1) is 24.6. The lowest BCUT2D eigenvalue weighted by Crippen LogP contribution is -2.27. The highest BCUT2D eigenvalue weighted by atomic mass is 32.1. The molecule has 0 aliphatic carbocycles. The highest BCUT2D eigenvalue weighted by Crippen LogP contribution is 2.66. The summed E-state index contributed by atoms with van der Waals surface area (Å²) in [5.41, 5.74) is 0.0564. The monoisotopic (exact) mass is 454 g/mol. The smallest absolute Gasteiger partial charge is 0.392 e. The Labute approximate surface area is 157 Å². The van der Waals surface area contributed by atoms with Crippen LogP contribution in [0.4, 0.5) is 0 Å². The molecule has 0 radical (unpaired) electrons. The molecule has 0 bridgehead atoms. The number of aromatic nitrogens is 2. The number of nitrogens with one attached hydrogen (secondary N) is 1. The van der Waals surface area contributed by atoms with Gasteiger partial charge in [0, 0.05) is 18.2 Å². The van der Waals surface area contributed by atoms with Crippen molar-refractivity contribution < 1.29 is 53.4 Å². The second kappa shape index (κ2) is 10.3. The quantitative estimate of drug-likeness (QED) is 0.133. The first-order valence-electron chi connectivity index (χ1n) is 7.06. The molecule has 0 spiro atoms. The third-order valence-corrected chi connectivity index (χ3v) is 5.48. The number of hydrogen-bond acceptors (Lipinski definition) is 13. The average Bonchev–Trinajstić information content (AvgIpc) is 2.91. The minimum Gasteiger partial charge on any atom is -0.392 e. The third kappa shape index (κ3) is 8.60. The van der Waals surface area contributed by atoms with Crippen LogP contribution in [0.5, 0.6) is 0 Å². The van der Waals surface area contributed by atoms with Gasteiger partial charge < -0.3 is 20.1 Å². The lowest BCUT2D eigenvalue weighted by molar-refractivity contribution is -0.113. The van der Waals surface area contributed by atoms with E-state index in [1.54, 1.807) is 0 Å². The second-order valence-electron chi connectivity index (χ2n) is 4.95. The number of aliphatic hydroxyl groups is 3. The lowest BCUT2D eigenvalue weighted by Gasteiger charge is -2.14. The van der Waals surface area contributed by atoms with Crippen molar-refractivity contribution in [3.05, 3.63) is 26.9 Å². The van der Waals surface area contributed by atoms with Gasteiger partial charge in [0.1, 0.15) is 10.9 Å². The first-order valence-corrected chi connectivity index (χ1v) is 10.6. The minimum atomic E-state index is -4.75. The fraction of sp³-hybridized carbons (Fsp3) is 0.600. The van der Waals surface area contributed by atoms with Crippen molar-refractivity contribution >= 4 is 28.6 Å². The predicted octanol–water partition coefficient (Wildman–Crippen LogP) is -1.69. The largest absolute Gasteiger partial charge is 0.622 e. The molecule has 156 valence electrons. The molecule has 1 aromatic rings. The second-order valence-corrected chi connectivity index (χ2v) is 8.27. The van der Waals surface area contributed by atoms with Gasteiger partial charge >= 0.3 is 22.0 Å². The zero-order valence-corrected chi connectivity index (χ0v) is 16.1. The van der Waals surface area contributed by atoms with Gasteiger partial charge in [0.05, 0.1) is 10.9 Å². The van der Waals surface area contributed by atoms with E-state index in [2.05, 4.69) is 13.8 Å². The Morgan fingerprint density at radius 1 is 1.26 bits per heavy atom. The first-order chi connectivity index (χ1) is 12.4. The van der Waals surface area contributed by atoms with E-state index in [-0.39, 0.29) is 11.2 Å². The third-order valence-electron chi connectivity index (χ3n) is 2.94. The van der Waals surface area contributed by atoms with Gasteiger partial charge in [-0.2, -0.15) is 24.5 Å². The van der Waals surface area contributed by atoms with Crippen LogP contribution in [0.15, 0.2) is 11.0 Å². The number of ether oxygens (including phenoxy) is 1. The van der Waals surface area contributed by atoms with E-state index >= 15 is 0 Å². The summed E-state index contributed by atoms with van der Waals surface area (Å²) < 4.78 is 13.9. The number of nitrogens with zero attached hydrogens (tertiary/aromatic N) is 1. The predicted molar refractivity (Wildman–Crippen MR) is 91.4 cm³/mol. The Balaban J connectivity index is 0.000000293. The molecule has 27 heavy (non-hydrogen) atoms. The fourth-order valence-electron chi connectivity index (χ4n) is 1.90. The van der Waals surface area contributed by atoms with E-state index in [1.165, 1.54) is 10.8 Å². The van der Waals surface area contributed by atoms with Crippen LogP contribution >= 0.6 is 28.6 Å². The van der Waals surface area contributed by atoms with Crippen molar-refractivity contribution in [3.63, 3.8) is 0 Å². The van der Waals surface area contributed by atoms with Gasteiger partial charge in [-0.1, -0.05) is 12.2 Å². The Morgan fingerprint density at radius 3 is 2.33 bits per heavy atom. The summed E-state index contributed by atoms with van der Waals surface area (Å²) in [5.74, 6) is 0. The van der Waals surface area contributed by atoms with Crippen LogP contribution in [0.1, 0.15) is 24.6 Å². The summed E-state index contributed by atoms with van der Waals surface area (Å²) in [7, 11) is -9.27. The van der Waals surface area contributed by atoms with Gasteiger partial charge in [-0.15, -0.1) is 4.52 Å². The van der Waals surface area contributed by atoms with Crippen LogP contribution in [0.25, 0.3) is 0 Å². The van der Waals surface area contributed by atoms with Gasteiger partial charge in [0.15, 0.2) is 13.1 Å². The molecule has 1 aliphatic rings. The molecule has 17 heteroatoms. The number of rotatable bonds is 6. The average molecular weight is 454 g/mol. The summed E-state index contributed by atoms with van der Waals surface area (Å²) in [6, 6.07) is 0. The minimum absolute atomic E-state index is 0.224. The Hall–Kier alpha value is -0.480. The summed E-state index contributed by atoms with van der Waals surface area (Å²) in [6.07, 6.45) is 1.17.